The number of carbonyl (C=O) groups excluding carboxylic acids is 1. The van der Waals surface area contributed by atoms with Gasteiger partial charge in [0, 0.05) is 12.6 Å². The molecule has 0 saturated carbocycles. The minimum absolute atomic E-state index is 0.503. The number of carbonyl (C=O) groups is 1. The van der Waals surface area contributed by atoms with Gasteiger partial charge < -0.3 is 0 Å². The van der Waals surface area contributed by atoms with Gasteiger partial charge >= 0.3 is 0 Å². The third-order valence-corrected chi connectivity index (χ3v) is 3.01. The number of rotatable bonds is 2. The van der Waals surface area contributed by atoms with Gasteiger partial charge in [0.15, 0.2) is 12.1 Å². The Morgan fingerprint density at radius 1 is 1.22 bits per heavy atom. The number of aldehydes is 1. The molecule has 0 N–H and O–H groups in total. The molecule has 0 amide bonds. The molecule has 0 radical (unpaired) electrons. The van der Waals surface area contributed by atoms with Gasteiger partial charge in [0.2, 0.25) is 5.78 Å². The maximum Gasteiger partial charge on any atom is 0.233 e. The minimum atomic E-state index is 0.503. The monoisotopic (exact) mass is 240 g/mol. The SMILES string of the molecule is Cc1nc2n(C)c(-c3ccccc3)nn2c1C=O. The Balaban J connectivity index is 2.30. The molecule has 0 aliphatic heterocycles. The Kier molecular flexibility index (Phi) is 2.26. The maximum atomic E-state index is 11.0. The Bertz CT molecular complexity index is 724. The molecule has 3 rings (SSSR count). The molecule has 90 valence electrons. The number of fused-ring (bicyclic) bond motifs is 1. The minimum Gasteiger partial charge on any atom is -0.296 e. The van der Waals surface area contributed by atoms with E-state index in [9.17, 15) is 4.79 Å². The predicted molar refractivity (Wildman–Crippen MR) is 67.5 cm³/mol. The van der Waals surface area contributed by atoms with Crippen molar-refractivity contribution in [3.63, 3.8) is 0 Å². The lowest BCUT2D eigenvalue weighted by atomic mass is 10.2. The first-order valence-corrected chi connectivity index (χ1v) is 5.65. The summed E-state index contributed by atoms with van der Waals surface area (Å²) < 4.78 is 3.47. The maximum absolute atomic E-state index is 11.0. The van der Waals surface area contributed by atoms with Gasteiger partial charge in [-0.2, -0.15) is 4.52 Å². The average molecular weight is 240 g/mol. The van der Waals surface area contributed by atoms with Crippen LogP contribution in [0, 0.1) is 6.92 Å². The van der Waals surface area contributed by atoms with Crippen LogP contribution in [-0.2, 0) is 7.05 Å². The van der Waals surface area contributed by atoms with Gasteiger partial charge in [0.05, 0.1) is 5.69 Å². The zero-order valence-corrected chi connectivity index (χ0v) is 10.2. The van der Waals surface area contributed by atoms with Gasteiger partial charge in [-0.3, -0.25) is 9.36 Å². The smallest absolute Gasteiger partial charge is 0.233 e. The van der Waals surface area contributed by atoms with Crippen LogP contribution in [0.1, 0.15) is 16.2 Å². The highest BCUT2D eigenvalue weighted by molar-refractivity contribution is 5.76. The second kappa shape index (κ2) is 3.80. The third kappa shape index (κ3) is 1.37. The summed E-state index contributed by atoms with van der Waals surface area (Å²) >= 11 is 0. The quantitative estimate of drug-likeness (QED) is 0.642. The first kappa shape index (κ1) is 10.7. The number of hydrogen-bond acceptors (Lipinski definition) is 3. The van der Waals surface area contributed by atoms with Crippen LogP contribution in [-0.4, -0.2) is 25.5 Å². The largest absolute Gasteiger partial charge is 0.296 e. The molecule has 0 saturated heterocycles. The highest BCUT2D eigenvalue weighted by Crippen LogP contribution is 2.20. The molecule has 0 unspecified atom stereocenters. The Hall–Kier alpha value is -2.43. The molecule has 2 heterocycles. The lowest BCUT2D eigenvalue weighted by Gasteiger charge is -1.99. The van der Waals surface area contributed by atoms with Gasteiger partial charge in [-0.25, -0.2) is 4.98 Å². The van der Waals surface area contributed by atoms with Crippen molar-refractivity contribution >= 4 is 12.1 Å². The van der Waals surface area contributed by atoms with Crippen LogP contribution in [0.25, 0.3) is 17.2 Å². The zero-order valence-electron chi connectivity index (χ0n) is 10.2. The number of aromatic nitrogens is 4. The Labute approximate surface area is 104 Å². The van der Waals surface area contributed by atoms with Crippen LogP contribution < -0.4 is 0 Å². The fourth-order valence-corrected chi connectivity index (χ4v) is 2.06. The van der Waals surface area contributed by atoms with E-state index in [4.69, 9.17) is 0 Å². The van der Waals surface area contributed by atoms with Crippen molar-refractivity contribution in [2.75, 3.05) is 0 Å². The lowest BCUT2D eigenvalue weighted by molar-refractivity contribution is 0.111. The van der Waals surface area contributed by atoms with E-state index in [1.165, 1.54) is 0 Å². The molecule has 2 aromatic heterocycles. The molecule has 5 nitrogen and oxygen atoms in total. The predicted octanol–water partition coefficient (Wildman–Crippen LogP) is 1.86. The molecular weight excluding hydrogens is 228 g/mol. The summed E-state index contributed by atoms with van der Waals surface area (Å²) in [5, 5.41) is 4.46. The second-order valence-electron chi connectivity index (χ2n) is 4.16. The van der Waals surface area contributed by atoms with Crippen LogP contribution >= 0.6 is 0 Å². The molecule has 5 heteroatoms. The molecule has 0 spiro atoms. The number of nitrogens with zero attached hydrogens (tertiary/aromatic N) is 4. The molecule has 0 aliphatic rings. The molecule has 0 fully saturated rings. The molecule has 18 heavy (non-hydrogen) atoms. The number of aryl methyl sites for hydroxylation is 2. The van der Waals surface area contributed by atoms with Gasteiger partial charge in [-0.1, -0.05) is 30.3 Å². The van der Waals surface area contributed by atoms with E-state index in [-0.39, 0.29) is 0 Å². The van der Waals surface area contributed by atoms with Crippen LogP contribution in [0.5, 0.6) is 0 Å². The van der Waals surface area contributed by atoms with E-state index in [1.807, 2.05) is 41.9 Å². The van der Waals surface area contributed by atoms with Gasteiger partial charge in [0.25, 0.3) is 0 Å². The van der Waals surface area contributed by atoms with Crippen molar-refractivity contribution in [3.05, 3.63) is 41.7 Å². The summed E-state index contributed by atoms with van der Waals surface area (Å²) in [7, 11) is 1.89. The summed E-state index contributed by atoms with van der Waals surface area (Å²) in [6.07, 6.45) is 0.789. The van der Waals surface area contributed by atoms with Gasteiger partial charge in [-0.05, 0) is 6.92 Å². The Morgan fingerprint density at radius 2 is 1.94 bits per heavy atom. The topological polar surface area (TPSA) is 52.2 Å². The number of hydrogen-bond donors (Lipinski definition) is 0. The lowest BCUT2D eigenvalue weighted by Crippen LogP contribution is -1.94. The molecule has 3 aromatic rings. The van der Waals surface area contributed by atoms with E-state index in [2.05, 4.69) is 10.1 Å². The van der Waals surface area contributed by atoms with E-state index >= 15 is 0 Å². The highest BCUT2D eigenvalue weighted by Gasteiger charge is 2.16. The fraction of sp³-hybridized carbons (Fsp3) is 0.154. The van der Waals surface area contributed by atoms with Crippen molar-refractivity contribution in [2.45, 2.75) is 6.92 Å². The standard InChI is InChI=1S/C13H12N4O/c1-9-11(8-18)17-13(14-9)16(2)12(15-17)10-6-4-3-5-7-10/h3-8H,1-2H3. The van der Waals surface area contributed by atoms with Crippen molar-refractivity contribution in [1.29, 1.82) is 0 Å². The number of benzene rings is 1. The summed E-state index contributed by atoms with van der Waals surface area (Å²) in [5.74, 6) is 1.47. The summed E-state index contributed by atoms with van der Waals surface area (Å²) in [6.45, 7) is 1.81. The second-order valence-corrected chi connectivity index (χ2v) is 4.16. The fourth-order valence-electron chi connectivity index (χ4n) is 2.06. The normalized spacial score (nSPS) is 11.0. The summed E-state index contributed by atoms with van der Waals surface area (Å²) in [4.78, 5) is 15.4. The third-order valence-electron chi connectivity index (χ3n) is 3.01. The van der Waals surface area contributed by atoms with Crippen molar-refractivity contribution in [2.24, 2.45) is 7.05 Å². The molecule has 0 aliphatic carbocycles. The van der Waals surface area contributed by atoms with Crippen molar-refractivity contribution in [1.82, 2.24) is 19.2 Å². The summed E-state index contributed by atoms with van der Waals surface area (Å²) in [5.41, 5.74) is 2.20. The van der Waals surface area contributed by atoms with Crippen LogP contribution in [0.2, 0.25) is 0 Å². The first-order chi connectivity index (χ1) is 8.72. The Morgan fingerprint density at radius 3 is 2.61 bits per heavy atom. The summed E-state index contributed by atoms with van der Waals surface area (Å²) in [6, 6.07) is 9.83. The van der Waals surface area contributed by atoms with Crippen LogP contribution in [0.4, 0.5) is 0 Å². The number of imidazole rings is 1. The highest BCUT2D eigenvalue weighted by atomic mass is 16.1. The zero-order chi connectivity index (χ0) is 12.7. The van der Waals surface area contributed by atoms with Gasteiger partial charge in [0.1, 0.15) is 5.69 Å². The van der Waals surface area contributed by atoms with Crippen molar-refractivity contribution < 1.29 is 4.79 Å². The van der Waals surface area contributed by atoms with Crippen molar-refractivity contribution in [3.8, 4) is 11.4 Å². The van der Waals surface area contributed by atoms with E-state index < -0.39 is 0 Å². The average Bonchev–Trinajstić information content (AvgIpc) is 2.87. The molecule has 1 aromatic carbocycles. The van der Waals surface area contributed by atoms with Crippen LogP contribution in [0.15, 0.2) is 30.3 Å². The molecular formula is C13H12N4O. The van der Waals surface area contributed by atoms with Gasteiger partial charge in [-0.15, -0.1) is 5.10 Å². The van der Waals surface area contributed by atoms with E-state index in [0.29, 0.717) is 17.2 Å². The molecule has 0 bridgehead atoms. The van der Waals surface area contributed by atoms with E-state index in [1.54, 1.807) is 11.4 Å². The van der Waals surface area contributed by atoms with E-state index in [0.717, 1.165) is 17.7 Å². The van der Waals surface area contributed by atoms with Crippen LogP contribution in [0.3, 0.4) is 0 Å². The molecule has 0 atom stereocenters. The first-order valence-electron chi connectivity index (χ1n) is 5.65.